The Morgan fingerprint density at radius 2 is 1.83 bits per heavy atom. The minimum Gasteiger partial charge on any atom is -0.379 e. The van der Waals surface area contributed by atoms with Crippen LogP contribution in [0, 0.1) is 0 Å². The number of hydrogen-bond acceptors (Lipinski definition) is 5. The largest absolute Gasteiger partial charge is 0.379 e. The standard InChI is InChI=1S/C20H22F2N2O4S2/c1-2-14-3-4-15(13-18(14)30(26,27)24-9-11-28-12-10-24)19(25)23-16-5-7-17(8-6-16)29-20(21)22/h3-8,13,20H,2,9-12H2,1H3,(H,23,25). The van der Waals surface area contributed by atoms with E-state index in [0.717, 1.165) is 0 Å². The molecule has 10 heteroatoms. The first kappa shape index (κ1) is 22.7. The molecular formula is C20H22F2N2O4S2. The summed E-state index contributed by atoms with van der Waals surface area (Å²) in [6.07, 6.45) is 0.504. The number of anilines is 1. The van der Waals surface area contributed by atoms with Crippen LogP contribution in [0.1, 0.15) is 22.8 Å². The average molecular weight is 457 g/mol. The highest BCUT2D eigenvalue weighted by atomic mass is 32.2. The Morgan fingerprint density at radius 3 is 2.43 bits per heavy atom. The molecule has 1 saturated heterocycles. The molecule has 1 aliphatic heterocycles. The van der Waals surface area contributed by atoms with Crippen LogP contribution in [0.2, 0.25) is 0 Å². The van der Waals surface area contributed by atoms with Gasteiger partial charge in [0.1, 0.15) is 0 Å². The number of halogens is 2. The topological polar surface area (TPSA) is 75.7 Å². The van der Waals surface area contributed by atoms with E-state index in [1.165, 1.54) is 34.6 Å². The van der Waals surface area contributed by atoms with E-state index in [1.807, 2.05) is 6.92 Å². The van der Waals surface area contributed by atoms with Gasteiger partial charge in [0.25, 0.3) is 11.7 Å². The number of sulfonamides is 1. The third kappa shape index (κ3) is 5.37. The molecule has 0 radical (unpaired) electrons. The number of alkyl halides is 2. The molecule has 0 bridgehead atoms. The number of aryl methyl sites for hydroxylation is 1. The van der Waals surface area contributed by atoms with Gasteiger partial charge in [-0.2, -0.15) is 13.1 Å². The van der Waals surface area contributed by atoms with Gasteiger partial charge in [-0.25, -0.2) is 8.42 Å². The average Bonchev–Trinajstić information content (AvgIpc) is 2.75. The van der Waals surface area contributed by atoms with Crippen molar-refractivity contribution in [2.24, 2.45) is 0 Å². The first-order valence-electron chi connectivity index (χ1n) is 9.38. The number of benzene rings is 2. The van der Waals surface area contributed by atoms with Crippen LogP contribution in [0.25, 0.3) is 0 Å². The zero-order valence-electron chi connectivity index (χ0n) is 16.3. The molecule has 30 heavy (non-hydrogen) atoms. The molecule has 0 aromatic heterocycles. The smallest absolute Gasteiger partial charge is 0.288 e. The lowest BCUT2D eigenvalue weighted by atomic mass is 10.1. The van der Waals surface area contributed by atoms with Crippen LogP contribution >= 0.6 is 11.8 Å². The molecule has 0 unspecified atom stereocenters. The maximum atomic E-state index is 13.1. The molecule has 0 aliphatic carbocycles. The highest BCUT2D eigenvalue weighted by molar-refractivity contribution is 7.99. The summed E-state index contributed by atoms with van der Waals surface area (Å²) in [4.78, 5) is 13.2. The summed E-state index contributed by atoms with van der Waals surface area (Å²) >= 11 is 0.418. The van der Waals surface area contributed by atoms with Crippen LogP contribution in [0.15, 0.2) is 52.3 Å². The van der Waals surface area contributed by atoms with Gasteiger partial charge in [-0.15, -0.1) is 0 Å². The van der Waals surface area contributed by atoms with E-state index in [4.69, 9.17) is 4.74 Å². The second kappa shape index (κ2) is 9.86. The number of amides is 1. The van der Waals surface area contributed by atoms with Crippen LogP contribution < -0.4 is 5.32 Å². The maximum Gasteiger partial charge on any atom is 0.288 e. The molecule has 1 amide bonds. The zero-order valence-corrected chi connectivity index (χ0v) is 17.9. The second-order valence-electron chi connectivity index (χ2n) is 6.55. The first-order chi connectivity index (χ1) is 14.3. The van der Waals surface area contributed by atoms with Crippen LogP contribution in [-0.4, -0.2) is 50.7 Å². The van der Waals surface area contributed by atoms with E-state index in [2.05, 4.69) is 5.32 Å². The van der Waals surface area contributed by atoms with E-state index in [1.54, 1.807) is 12.1 Å². The second-order valence-corrected chi connectivity index (χ2v) is 9.52. The number of hydrogen-bond donors (Lipinski definition) is 1. The van der Waals surface area contributed by atoms with Crippen molar-refractivity contribution >= 4 is 33.4 Å². The Kier molecular flexibility index (Phi) is 7.45. The summed E-state index contributed by atoms with van der Waals surface area (Å²) in [5.74, 6) is -3.00. The summed E-state index contributed by atoms with van der Waals surface area (Å²) in [5.41, 5.74) is 1.26. The van der Waals surface area contributed by atoms with Gasteiger partial charge in [0.05, 0.1) is 18.1 Å². The number of carbonyl (C=O) groups excluding carboxylic acids is 1. The Balaban J connectivity index is 1.82. The van der Waals surface area contributed by atoms with Crippen LogP contribution in [0.4, 0.5) is 14.5 Å². The van der Waals surface area contributed by atoms with Gasteiger partial charge in [-0.1, -0.05) is 24.8 Å². The molecule has 162 valence electrons. The molecule has 3 rings (SSSR count). The van der Waals surface area contributed by atoms with Crippen molar-refractivity contribution in [3.05, 3.63) is 53.6 Å². The summed E-state index contributed by atoms with van der Waals surface area (Å²) < 4.78 is 57.6. The van der Waals surface area contributed by atoms with E-state index < -0.39 is 21.7 Å². The number of nitrogens with one attached hydrogen (secondary N) is 1. The maximum absolute atomic E-state index is 13.1. The number of morpholine rings is 1. The van der Waals surface area contributed by atoms with Crippen LogP contribution in [0.3, 0.4) is 0 Å². The summed E-state index contributed by atoms with van der Waals surface area (Å²) in [7, 11) is -3.75. The van der Waals surface area contributed by atoms with Crippen LogP contribution in [-0.2, 0) is 21.2 Å². The molecule has 6 nitrogen and oxygen atoms in total. The molecule has 0 saturated carbocycles. The molecule has 1 fully saturated rings. The quantitative estimate of drug-likeness (QED) is 0.641. The number of thioether (sulfide) groups is 1. The van der Waals surface area contributed by atoms with Crippen molar-refractivity contribution in [1.29, 1.82) is 0 Å². The Bertz CT molecular complexity index is 992. The SMILES string of the molecule is CCc1ccc(C(=O)Nc2ccc(SC(F)F)cc2)cc1S(=O)(=O)N1CCOCC1. The summed E-state index contributed by atoms with van der Waals surface area (Å²) in [6, 6.07) is 10.6. The van der Waals surface area contributed by atoms with E-state index in [9.17, 15) is 22.0 Å². The van der Waals surface area contributed by atoms with Crippen LogP contribution in [0.5, 0.6) is 0 Å². The fourth-order valence-electron chi connectivity index (χ4n) is 3.08. The Morgan fingerprint density at radius 1 is 1.17 bits per heavy atom. The third-order valence-electron chi connectivity index (χ3n) is 4.64. The van der Waals surface area contributed by atoms with Crippen molar-refractivity contribution in [1.82, 2.24) is 4.31 Å². The van der Waals surface area contributed by atoms with E-state index in [-0.39, 0.29) is 23.5 Å². The fourth-order valence-corrected chi connectivity index (χ4v) is 5.30. The van der Waals surface area contributed by atoms with Gasteiger partial charge in [0, 0.05) is 29.2 Å². The molecule has 2 aromatic rings. The molecule has 0 atom stereocenters. The number of carbonyl (C=O) groups is 1. The minimum absolute atomic E-state index is 0.114. The lowest BCUT2D eigenvalue weighted by Crippen LogP contribution is -2.41. The van der Waals surface area contributed by atoms with Gasteiger partial charge in [-0.05, 0) is 48.4 Å². The van der Waals surface area contributed by atoms with Gasteiger partial charge in [0.15, 0.2) is 0 Å². The number of ether oxygens (including phenoxy) is 1. The predicted molar refractivity (Wildman–Crippen MR) is 112 cm³/mol. The van der Waals surface area contributed by atoms with Gasteiger partial charge in [0.2, 0.25) is 10.0 Å². The van der Waals surface area contributed by atoms with Crippen molar-refractivity contribution in [3.63, 3.8) is 0 Å². The number of rotatable bonds is 7. The van der Waals surface area contributed by atoms with Gasteiger partial charge < -0.3 is 10.1 Å². The molecule has 0 spiro atoms. The number of nitrogens with zero attached hydrogens (tertiary/aromatic N) is 1. The molecule has 1 aliphatic rings. The van der Waals surface area contributed by atoms with Crippen molar-refractivity contribution < 1.29 is 26.7 Å². The van der Waals surface area contributed by atoms with Gasteiger partial charge in [-0.3, -0.25) is 4.79 Å². The van der Waals surface area contributed by atoms with E-state index in [0.29, 0.717) is 47.5 Å². The molecular weight excluding hydrogens is 434 g/mol. The zero-order chi connectivity index (χ0) is 21.7. The van der Waals surface area contributed by atoms with Crippen molar-refractivity contribution in [3.8, 4) is 0 Å². The molecule has 1 heterocycles. The highest BCUT2D eigenvalue weighted by Crippen LogP contribution is 2.27. The molecule has 2 aromatic carbocycles. The molecule has 1 N–H and O–H groups in total. The van der Waals surface area contributed by atoms with Gasteiger partial charge >= 0.3 is 0 Å². The minimum atomic E-state index is -3.75. The van der Waals surface area contributed by atoms with Crippen molar-refractivity contribution in [2.45, 2.75) is 28.9 Å². The van der Waals surface area contributed by atoms with E-state index >= 15 is 0 Å². The normalized spacial score (nSPS) is 15.3. The third-order valence-corrected chi connectivity index (χ3v) is 7.34. The predicted octanol–water partition coefficient (Wildman–Crippen LogP) is 3.84. The van der Waals surface area contributed by atoms with Crippen molar-refractivity contribution in [2.75, 3.05) is 31.6 Å². The Hall–Kier alpha value is -2.01. The lowest BCUT2D eigenvalue weighted by Gasteiger charge is -2.27. The summed E-state index contributed by atoms with van der Waals surface area (Å²) in [6.45, 7) is 3.06. The first-order valence-corrected chi connectivity index (χ1v) is 11.7. The highest BCUT2D eigenvalue weighted by Gasteiger charge is 2.29. The Labute approximate surface area is 178 Å². The lowest BCUT2D eigenvalue weighted by molar-refractivity contribution is 0.0730. The fraction of sp³-hybridized carbons (Fsp3) is 0.350. The monoisotopic (exact) mass is 456 g/mol. The summed E-state index contributed by atoms with van der Waals surface area (Å²) in [5, 5.41) is 2.67.